The third-order valence-electron chi connectivity index (χ3n) is 2.80. The van der Waals surface area contributed by atoms with Gasteiger partial charge in [-0.3, -0.25) is 4.79 Å². The lowest BCUT2D eigenvalue weighted by atomic mass is 10.1. The molecule has 0 saturated heterocycles. The van der Waals surface area contributed by atoms with Gasteiger partial charge < -0.3 is 15.4 Å². The van der Waals surface area contributed by atoms with Crippen molar-refractivity contribution in [3.8, 4) is 5.75 Å². The van der Waals surface area contributed by atoms with Crippen LogP contribution in [0.1, 0.15) is 40.2 Å². The Morgan fingerprint density at radius 1 is 1.29 bits per heavy atom. The summed E-state index contributed by atoms with van der Waals surface area (Å²) in [5.41, 5.74) is 1.22. The summed E-state index contributed by atoms with van der Waals surface area (Å²) in [6, 6.07) is 7.83. The molecule has 4 nitrogen and oxygen atoms in total. The summed E-state index contributed by atoms with van der Waals surface area (Å²) in [7, 11) is 0. The van der Waals surface area contributed by atoms with E-state index in [9.17, 15) is 4.79 Å². The predicted octanol–water partition coefficient (Wildman–Crippen LogP) is 2.73. The van der Waals surface area contributed by atoms with E-state index in [1.807, 2.05) is 24.3 Å². The Balaban J connectivity index is 2.44. The molecular weight excluding hydrogens is 264 g/mol. The third kappa shape index (κ3) is 8.35. The highest BCUT2D eigenvalue weighted by Gasteiger charge is 2.09. The number of carbonyl (C=O) groups is 1. The summed E-state index contributed by atoms with van der Waals surface area (Å²) in [6.07, 6.45) is 0. The van der Waals surface area contributed by atoms with Crippen molar-refractivity contribution in [2.24, 2.45) is 5.92 Å². The fraction of sp³-hybridized carbons (Fsp3) is 0.588. The van der Waals surface area contributed by atoms with Crippen molar-refractivity contribution >= 4 is 5.91 Å². The zero-order valence-corrected chi connectivity index (χ0v) is 13.8. The van der Waals surface area contributed by atoms with Crippen LogP contribution < -0.4 is 15.4 Å². The second-order valence-corrected chi connectivity index (χ2v) is 6.74. The first-order chi connectivity index (χ1) is 9.76. The van der Waals surface area contributed by atoms with E-state index in [1.54, 1.807) is 0 Å². The van der Waals surface area contributed by atoms with Crippen LogP contribution in [0, 0.1) is 5.92 Å². The largest absolute Gasteiger partial charge is 0.484 e. The first-order valence-corrected chi connectivity index (χ1v) is 7.50. The minimum atomic E-state index is -0.0816. The van der Waals surface area contributed by atoms with E-state index in [4.69, 9.17) is 4.74 Å². The number of amides is 1. The monoisotopic (exact) mass is 292 g/mol. The lowest BCUT2D eigenvalue weighted by Gasteiger charge is -2.20. The van der Waals surface area contributed by atoms with Crippen LogP contribution >= 0.6 is 0 Å². The third-order valence-corrected chi connectivity index (χ3v) is 2.80. The van der Waals surface area contributed by atoms with Gasteiger partial charge in [0, 0.05) is 18.6 Å². The van der Waals surface area contributed by atoms with Gasteiger partial charge in [0.15, 0.2) is 6.61 Å². The van der Waals surface area contributed by atoms with Crippen LogP contribution in [0.15, 0.2) is 24.3 Å². The molecule has 2 N–H and O–H groups in total. The normalized spacial score (nSPS) is 11.5. The van der Waals surface area contributed by atoms with E-state index in [1.165, 1.54) is 0 Å². The summed E-state index contributed by atoms with van der Waals surface area (Å²) >= 11 is 0. The molecule has 1 aromatic rings. The van der Waals surface area contributed by atoms with Gasteiger partial charge >= 0.3 is 0 Å². The highest BCUT2D eigenvalue weighted by molar-refractivity contribution is 5.77. The molecule has 0 saturated carbocycles. The SMILES string of the molecule is CC(C)CNC(=O)COc1cccc(CNC(C)(C)C)c1. The number of hydrogen-bond acceptors (Lipinski definition) is 3. The van der Waals surface area contributed by atoms with E-state index in [-0.39, 0.29) is 18.1 Å². The second-order valence-electron chi connectivity index (χ2n) is 6.74. The molecule has 0 aliphatic rings. The highest BCUT2D eigenvalue weighted by atomic mass is 16.5. The van der Waals surface area contributed by atoms with Crippen LogP contribution in [0.25, 0.3) is 0 Å². The molecule has 0 fully saturated rings. The second kappa shape index (κ2) is 8.03. The molecule has 1 rings (SSSR count). The maximum atomic E-state index is 11.6. The van der Waals surface area contributed by atoms with Crippen LogP contribution in [-0.2, 0) is 11.3 Å². The molecule has 4 heteroatoms. The number of benzene rings is 1. The fourth-order valence-electron chi connectivity index (χ4n) is 1.63. The van der Waals surface area contributed by atoms with Crippen LogP contribution in [0.5, 0.6) is 5.75 Å². The Morgan fingerprint density at radius 3 is 2.62 bits per heavy atom. The van der Waals surface area contributed by atoms with Crippen molar-refractivity contribution in [2.45, 2.75) is 46.7 Å². The number of ether oxygens (including phenoxy) is 1. The van der Waals surface area contributed by atoms with Crippen molar-refractivity contribution in [1.82, 2.24) is 10.6 Å². The first-order valence-electron chi connectivity index (χ1n) is 7.50. The van der Waals surface area contributed by atoms with Crippen LogP contribution in [0.3, 0.4) is 0 Å². The molecule has 0 spiro atoms. The molecule has 21 heavy (non-hydrogen) atoms. The Kier molecular flexibility index (Phi) is 6.69. The van der Waals surface area contributed by atoms with E-state index >= 15 is 0 Å². The van der Waals surface area contributed by atoms with Gasteiger partial charge in [-0.05, 0) is 44.4 Å². The molecule has 118 valence electrons. The van der Waals surface area contributed by atoms with Gasteiger partial charge in [0.25, 0.3) is 5.91 Å². The summed E-state index contributed by atoms with van der Waals surface area (Å²) in [4.78, 5) is 11.6. The van der Waals surface area contributed by atoms with Crippen LogP contribution in [0.4, 0.5) is 0 Å². The minimum Gasteiger partial charge on any atom is -0.484 e. The van der Waals surface area contributed by atoms with E-state index in [0.29, 0.717) is 12.5 Å². The number of hydrogen-bond donors (Lipinski definition) is 2. The maximum absolute atomic E-state index is 11.6. The molecule has 1 aromatic carbocycles. The lowest BCUT2D eigenvalue weighted by molar-refractivity contribution is -0.123. The Bertz CT molecular complexity index is 450. The van der Waals surface area contributed by atoms with Gasteiger partial charge in [0.05, 0.1) is 0 Å². The Labute approximate surface area is 128 Å². The summed E-state index contributed by atoms with van der Waals surface area (Å²) in [6.45, 7) is 12.0. The number of carbonyl (C=O) groups excluding carboxylic acids is 1. The molecule has 1 amide bonds. The summed E-state index contributed by atoms with van der Waals surface area (Å²) in [5, 5.41) is 6.26. The first kappa shape index (κ1) is 17.5. The van der Waals surface area contributed by atoms with E-state index < -0.39 is 0 Å². The molecule has 0 atom stereocenters. The fourth-order valence-corrected chi connectivity index (χ4v) is 1.63. The molecule has 0 bridgehead atoms. The van der Waals surface area contributed by atoms with Crippen LogP contribution in [0.2, 0.25) is 0 Å². The zero-order chi connectivity index (χ0) is 15.9. The van der Waals surface area contributed by atoms with Crippen molar-refractivity contribution in [3.05, 3.63) is 29.8 Å². The van der Waals surface area contributed by atoms with Crippen molar-refractivity contribution < 1.29 is 9.53 Å². The summed E-state index contributed by atoms with van der Waals surface area (Å²) in [5.74, 6) is 1.09. The molecule has 0 heterocycles. The minimum absolute atomic E-state index is 0.0584. The standard InChI is InChI=1S/C17H28N2O2/c1-13(2)10-18-16(20)12-21-15-8-6-7-14(9-15)11-19-17(3,4)5/h6-9,13,19H,10-12H2,1-5H3,(H,18,20). The molecule has 0 aromatic heterocycles. The van der Waals surface area contributed by atoms with Gasteiger partial charge in [-0.2, -0.15) is 0 Å². The molecule has 0 aliphatic carbocycles. The molecular formula is C17H28N2O2. The van der Waals surface area contributed by atoms with Gasteiger partial charge in [0.2, 0.25) is 0 Å². The Hall–Kier alpha value is -1.55. The molecule has 0 unspecified atom stereocenters. The van der Waals surface area contributed by atoms with Crippen molar-refractivity contribution in [3.63, 3.8) is 0 Å². The predicted molar refractivity (Wildman–Crippen MR) is 86.4 cm³/mol. The van der Waals surface area contributed by atoms with Gasteiger partial charge in [-0.15, -0.1) is 0 Å². The van der Waals surface area contributed by atoms with Crippen molar-refractivity contribution in [1.29, 1.82) is 0 Å². The summed E-state index contributed by atoms with van der Waals surface area (Å²) < 4.78 is 5.53. The van der Waals surface area contributed by atoms with E-state index in [0.717, 1.165) is 17.9 Å². The molecule has 0 aliphatic heterocycles. The quantitative estimate of drug-likeness (QED) is 0.812. The van der Waals surface area contributed by atoms with Gasteiger partial charge in [-0.1, -0.05) is 26.0 Å². The lowest BCUT2D eigenvalue weighted by Crippen LogP contribution is -2.35. The highest BCUT2D eigenvalue weighted by Crippen LogP contribution is 2.14. The maximum Gasteiger partial charge on any atom is 0.257 e. The van der Waals surface area contributed by atoms with Crippen molar-refractivity contribution in [2.75, 3.05) is 13.2 Å². The average molecular weight is 292 g/mol. The average Bonchev–Trinajstić information content (AvgIpc) is 2.40. The van der Waals surface area contributed by atoms with Gasteiger partial charge in [-0.25, -0.2) is 0 Å². The smallest absolute Gasteiger partial charge is 0.257 e. The Morgan fingerprint density at radius 2 is 2.00 bits per heavy atom. The van der Waals surface area contributed by atoms with E-state index in [2.05, 4.69) is 45.3 Å². The van der Waals surface area contributed by atoms with Crippen LogP contribution in [-0.4, -0.2) is 24.6 Å². The number of rotatable bonds is 7. The molecule has 0 radical (unpaired) electrons. The van der Waals surface area contributed by atoms with Gasteiger partial charge in [0.1, 0.15) is 5.75 Å². The zero-order valence-electron chi connectivity index (χ0n) is 13.8. The topological polar surface area (TPSA) is 50.4 Å². The number of nitrogens with one attached hydrogen (secondary N) is 2.